The van der Waals surface area contributed by atoms with Crippen LogP contribution in [0.2, 0.25) is 0 Å². The molecule has 2 unspecified atom stereocenters. The smallest absolute Gasteiger partial charge is 0.104 e. The number of hydrogen-bond donors (Lipinski definition) is 3. The Hall–Kier alpha value is -0.120. The molecular formula is C21H45NO2. The molecule has 2 atom stereocenters. The fourth-order valence-corrected chi connectivity index (χ4v) is 3.09. The van der Waals surface area contributed by atoms with E-state index in [1.165, 1.54) is 70.6 Å². The molecule has 0 aliphatic carbocycles. The molecular weight excluding hydrogens is 298 g/mol. The lowest BCUT2D eigenvalue weighted by Gasteiger charge is -2.16. The zero-order chi connectivity index (χ0) is 17.9. The van der Waals surface area contributed by atoms with Gasteiger partial charge in [-0.1, -0.05) is 97.3 Å². The van der Waals surface area contributed by atoms with Gasteiger partial charge in [0.05, 0.1) is 6.10 Å². The third-order valence-corrected chi connectivity index (χ3v) is 4.81. The molecule has 0 aromatic carbocycles. The molecule has 0 fully saturated rings. The molecule has 0 radical (unpaired) electrons. The summed E-state index contributed by atoms with van der Waals surface area (Å²) in [6.07, 6.45) is 19.2. The molecule has 0 saturated heterocycles. The first-order valence-electron chi connectivity index (χ1n) is 10.8. The molecule has 3 heteroatoms. The van der Waals surface area contributed by atoms with Crippen LogP contribution in [0.5, 0.6) is 0 Å². The molecule has 0 aliphatic heterocycles. The summed E-state index contributed by atoms with van der Waals surface area (Å²) in [5, 5.41) is 22.6. The lowest BCUT2D eigenvalue weighted by Crippen LogP contribution is -2.35. The summed E-state index contributed by atoms with van der Waals surface area (Å²) in [4.78, 5) is 0. The molecule has 24 heavy (non-hydrogen) atoms. The van der Waals surface area contributed by atoms with Crippen molar-refractivity contribution in [1.29, 1.82) is 0 Å². The molecule has 3 N–H and O–H groups in total. The van der Waals surface area contributed by atoms with E-state index in [1.54, 1.807) is 0 Å². The standard InChI is InChI=1S/C21H45NO2/c1-3-5-7-8-9-10-11-12-13-14-15-16-17-20(23)19-22-21(24)18-6-4-2/h20-24H,3-19H2,1-2H3. The summed E-state index contributed by atoms with van der Waals surface area (Å²) in [7, 11) is 0. The van der Waals surface area contributed by atoms with Crippen LogP contribution in [0.1, 0.15) is 117 Å². The zero-order valence-electron chi connectivity index (χ0n) is 16.6. The quantitative estimate of drug-likeness (QED) is 0.213. The summed E-state index contributed by atoms with van der Waals surface area (Å²) < 4.78 is 0. The first-order valence-corrected chi connectivity index (χ1v) is 10.8. The predicted octanol–water partition coefficient (Wildman–Crippen LogP) is 5.54. The van der Waals surface area contributed by atoms with Crippen LogP contribution in [-0.2, 0) is 0 Å². The highest BCUT2D eigenvalue weighted by Crippen LogP contribution is 2.13. The van der Waals surface area contributed by atoms with Gasteiger partial charge in [0.25, 0.3) is 0 Å². The molecule has 0 rings (SSSR count). The summed E-state index contributed by atoms with van der Waals surface area (Å²) in [5.41, 5.74) is 0. The van der Waals surface area contributed by atoms with Crippen molar-refractivity contribution in [3.05, 3.63) is 0 Å². The van der Waals surface area contributed by atoms with Crippen LogP contribution in [0.3, 0.4) is 0 Å². The molecule has 0 aromatic rings. The van der Waals surface area contributed by atoms with Crippen molar-refractivity contribution in [3.63, 3.8) is 0 Å². The average Bonchev–Trinajstić information content (AvgIpc) is 2.59. The molecule has 0 heterocycles. The van der Waals surface area contributed by atoms with Gasteiger partial charge < -0.3 is 10.2 Å². The number of unbranched alkanes of at least 4 members (excludes halogenated alkanes) is 12. The van der Waals surface area contributed by atoms with Gasteiger partial charge in [0.15, 0.2) is 0 Å². The number of hydrogen-bond acceptors (Lipinski definition) is 3. The van der Waals surface area contributed by atoms with Gasteiger partial charge in [-0.25, -0.2) is 0 Å². The highest BCUT2D eigenvalue weighted by molar-refractivity contribution is 4.62. The van der Waals surface area contributed by atoms with Crippen molar-refractivity contribution in [2.24, 2.45) is 0 Å². The Bertz CT molecular complexity index is 236. The summed E-state index contributed by atoms with van der Waals surface area (Å²) in [6.45, 7) is 4.91. The van der Waals surface area contributed by atoms with E-state index < -0.39 is 6.23 Å². The number of rotatable bonds is 19. The van der Waals surface area contributed by atoms with Crippen molar-refractivity contribution in [1.82, 2.24) is 5.32 Å². The van der Waals surface area contributed by atoms with Crippen LogP contribution < -0.4 is 5.32 Å². The summed E-state index contributed by atoms with van der Waals surface area (Å²) in [5.74, 6) is 0. The van der Waals surface area contributed by atoms with Crippen molar-refractivity contribution >= 4 is 0 Å². The van der Waals surface area contributed by atoms with Crippen molar-refractivity contribution < 1.29 is 10.2 Å². The van der Waals surface area contributed by atoms with E-state index in [2.05, 4.69) is 19.2 Å². The van der Waals surface area contributed by atoms with Gasteiger partial charge >= 0.3 is 0 Å². The molecule has 0 saturated carbocycles. The van der Waals surface area contributed by atoms with E-state index in [0.29, 0.717) is 6.54 Å². The van der Waals surface area contributed by atoms with E-state index in [-0.39, 0.29) is 6.10 Å². The maximum atomic E-state index is 9.91. The van der Waals surface area contributed by atoms with Crippen molar-refractivity contribution in [2.75, 3.05) is 6.54 Å². The van der Waals surface area contributed by atoms with Gasteiger partial charge in [-0.15, -0.1) is 0 Å². The number of nitrogens with one attached hydrogen (secondary N) is 1. The Kier molecular flexibility index (Phi) is 19.1. The van der Waals surface area contributed by atoms with Crippen LogP contribution in [0.15, 0.2) is 0 Å². The highest BCUT2D eigenvalue weighted by Gasteiger charge is 2.07. The molecule has 0 spiro atoms. The molecule has 0 bridgehead atoms. The van der Waals surface area contributed by atoms with Crippen LogP contribution in [0, 0.1) is 0 Å². The van der Waals surface area contributed by atoms with E-state index >= 15 is 0 Å². The van der Waals surface area contributed by atoms with Gasteiger partial charge in [0, 0.05) is 6.54 Å². The maximum Gasteiger partial charge on any atom is 0.104 e. The predicted molar refractivity (Wildman–Crippen MR) is 105 cm³/mol. The Morgan fingerprint density at radius 3 is 1.54 bits per heavy atom. The second-order valence-electron chi connectivity index (χ2n) is 7.40. The minimum absolute atomic E-state index is 0.315. The first kappa shape index (κ1) is 23.9. The van der Waals surface area contributed by atoms with Crippen LogP contribution >= 0.6 is 0 Å². The highest BCUT2D eigenvalue weighted by atomic mass is 16.3. The van der Waals surface area contributed by atoms with Crippen LogP contribution in [0.25, 0.3) is 0 Å². The van der Waals surface area contributed by atoms with Gasteiger partial charge in [-0.3, -0.25) is 5.32 Å². The summed E-state index contributed by atoms with van der Waals surface area (Å²) >= 11 is 0. The molecule has 0 amide bonds. The van der Waals surface area contributed by atoms with E-state index in [4.69, 9.17) is 0 Å². The monoisotopic (exact) mass is 343 g/mol. The van der Waals surface area contributed by atoms with Crippen molar-refractivity contribution in [3.8, 4) is 0 Å². The van der Waals surface area contributed by atoms with E-state index in [0.717, 1.165) is 32.1 Å². The van der Waals surface area contributed by atoms with E-state index in [9.17, 15) is 10.2 Å². The number of aliphatic hydroxyl groups excluding tert-OH is 2. The van der Waals surface area contributed by atoms with Crippen LogP contribution in [0.4, 0.5) is 0 Å². The topological polar surface area (TPSA) is 52.5 Å². The first-order chi connectivity index (χ1) is 11.7. The average molecular weight is 344 g/mol. The fraction of sp³-hybridized carbons (Fsp3) is 1.00. The minimum Gasteiger partial charge on any atom is -0.392 e. The third-order valence-electron chi connectivity index (χ3n) is 4.81. The van der Waals surface area contributed by atoms with Crippen molar-refractivity contribution in [2.45, 2.75) is 129 Å². The van der Waals surface area contributed by atoms with Gasteiger partial charge in [0.1, 0.15) is 6.23 Å². The van der Waals surface area contributed by atoms with Gasteiger partial charge in [0.2, 0.25) is 0 Å². The summed E-state index contributed by atoms with van der Waals surface area (Å²) in [6, 6.07) is 0. The van der Waals surface area contributed by atoms with Gasteiger partial charge in [-0.05, 0) is 19.3 Å². The third kappa shape index (κ3) is 18.2. The second kappa shape index (κ2) is 19.2. The normalized spacial score (nSPS) is 14.0. The fourth-order valence-electron chi connectivity index (χ4n) is 3.09. The Labute approximate surface area is 151 Å². The lowest BCUT2D eigenvalue weighted by molar-refractivity contribution is 0.0900. The largest absolute Gasteiger partial charge is 0.392 e. The van der Waals surface area contributed by atoms with Gasteiger partial charge in [-0.2, -0.15) is 0 Å². The van der Waals surface area contributed by atoms with E-state index in [1.807, 2.05) is 0 Å². The Morgan fingerprint density at radius 1 is 0.583 bits per heavy atom. The zero-order valence-corrected chi connectivity index (χ0v) is 16.6. The SMILES string of the molecule is CCCCCCCCCCCCCCC(O)CNC(O)CCCC. The lowest BCUT2D eigenvalue weighted by atomic mass is 10.0. The number of aliphatic hydroxyl groups is 2. The second-order valence-corrected chi connectivity index (χ2v) is 7.40. The Morgan fingerprint density at radius 2 is 1.04 bits per heavy atom. The molecule has 0 aromatic heterocycles. The minimum atomic E-state index is -0.457. The molecule has 146 valence electrons. The Balaban J connectivity index is 3.20. The van der Waals surface area contributed by atoms with Crippen LogP contribution in [-0.4, -0.2) is 29.1 Å². The maximum absolute atomic E-state index is 9.91. The molecule has 0 aliphatic rings. The molecule has 3 nitrogen and oxygen atoms in total.